The van der Waals surface area contributed by atoms with Gasteiger partial charge < -0.3 is 4.74 Å². The van der Waals surface area contributed by atoms with Crippen molar-refractivity contribution < 1.29 is 26.4 Å². The number of nitrogens with zero attached hydrogens (tertiary/aromatic N) is 1. The predicted molar refractivity (Wildman–Crippen MR) is 118 cm³/mol. The first-order valence-corrected chi connectivity index (χ1v) is 13.1. The zero-order valence-corrected chi connectivity index (χ0v) is 18.9. The molecule has 1 aliphatic heterocycles. The lowest BCUT2D eigenvalue weighted by Gasteiger charge is -2.20. The number of rotatable bonds is 7. The summed E-state index contributed by atoms with van der Waals surface area (Å²) in [6, 6.07) is 11.8. The number of carbonyl (C=O) groups excluding carboxylic acids is 1. The first-order valence-electron chi connectivity index (χ1n) is 9.99. The quantitative estimate of drug-likeness (QED) is 0.628. The topological polar surface area (TPSA) is 110 Å². The van der Waals surface area contributed by atoms with Crippen molar-refractivity contribution in [2.75, 3.05) is 24.9 Å². The van der Waals surface area contributed by atoms with E-state index >= 15 is 0 Å². The van der Waals surface area contributed by atoms with Gasteiger partial charge in [-0.25, -0.2) is 21.6 Å². The van der Waals surface area contributed by atoms with E-state index in [-0.39, 0.29) is 16.3 Å². The van der Waals surface area contributed by atoms with Gasteiger partial charge in [0, 0.05) is 18.8 Å². The maximum atomic E-state index is 12.8. The molecule has 2 aromatic carbocycles. The van der Waals surface area contributed by atoms with E-state index in [1.165, 1.54) is 47.8 Å². The van der Waals surface area contributed by atoms with Gasteiger partial charge in [0.2, 0.25) is 20.0 Å². The third kappa shape index (κ3) is 6.05. The lowest BCUT2D eigenvalue weighted by atomic mass is 10.1. The third-order valence-electron chi connectivity index (χ3n) is 5.06. The number of hydrogen-bond donors (Lipinski definition) is 1. The Bertz CT molecular complexity index is 1100. The highest BCUT2D eigenvalue weighted by atomic mass is 32.2. The van der Waals surface area contributed by atoms with E-state index in [1.54, 1.807) is 12.1 Å². The number of carbonyl (C=O) groups is 1. The van der Waals surface area contributed by atoms with E-state index in [0.29, 0.717) is 24.2 Å². The lowest BCUT2D eigenvalue weighted by molar-refractivity contribution is 0.0600. The molecule has 0 bridgehead atoms. The summed E-state index contributed by atoms with van der Waals surface area (Å²) in [5, 5.41) is 0. The van der Waals surface area contributed by atoms with E-state index in [4.69, 9.17) is 0 Å². The second kappa shape index (κ2) is 9.80. The molecule has 1 saturated heterocycles. The number of anilines is 1. The molecule has 0 saturated carbocycles. The van der Waals surface area contributed by atoms with Crippen LogP contribution in [0.4, 0.5) is 5.69 Å². The molecule has 0 aliphatic carbocycles. The number of benzene rings is 2. The Morgan fingerprint density at radius 2 is 1.48 bits per heavy atom. The smallest absolute Gasteiger partial charge is 0.337 e. The standard InChI is InChI=1S/C21H26N2O6S2/c1-29-21(24)18-8-6-17(7-9-18)16-30(25,26)22-19-10-12-20(13-11-19)31(27,28)23-14-4-2-3-5-15-23/h6-13,22H,2-5,14-16H2,1H3. The zero-order chi connectivity index (χ0) is 22.5. The van der Waals surface area contributed by atoms with E-state index in [0.717, 1.165) is 25.7 Å². The molecule has 2 aromatic rings. The van der Waals surface area contributed by atoms with Crippen LogP contribution in [0.15, 0.2) is 53.4 Å². The second-order valence-electron chi connectivity index (χ2n) is 7.39. The SMILES string of the molecule is COC(=O)c1ccc(CS(=O)(=O)Nc2ccc(S(=O)(=O)N3CCCCCC3)cc2)cc1. The molecule has 0 aromatic heterocycles. The molecule has 0 atom stereocenters. The van der Waals surface area contributed by atoms with Crippen molar-refractivity contribution in [3.63, 3.8) is 0 Å². The average Bonchev–Trinajstić information content (AvgIpc) is 3.04. The predicted octanol–water partition coefficient (Wildman–Crippen LogP) is 2.98. The van der Waals surface area contributed by atoms with Gasteiger partial charge in [-0.05, 0) is 54.8 Å². The van der Waals surface area contributed by atoms with Gasteiger partial charge in [-0.15, -0.1) is 0 Å². The third-order valence-corrected chi connectivity index (χ3v) is 8.24. The van der Waals surface area contributed by atoms with Crippen LogP contribution in [-0.4, -0.2) is 47.3 Å². The van der Waals surface area contributed by atoms with Crippen LogP contribution < -0.4 is 4.72 Å². The van der Waals surface area contributed by atoms with E-state index in [9.17, 15) is 21.6 Å². The van der Waals surface area contributed by atoms with E-state index in [2.05, 4.69) is 9.46 Å². The van der Waals surface area contributed by atoms with Gasteiger partial charge >= 0.3 is 5.97 Å². The number of methoxy groups -OCH3 is 1. The normalized spacial score (nSPS) is 15.8. The van der Waals surface area contributed by atoms with Crippen molar-refractivity contribution in [3.05, 3.63) is 59.7 Å². The summed E-state index contributed by atoms with van der Waals surface area (Å²) in [6.07, 6.45) is 3.74. The summed E-state index contributed by atoms with van der Waals surface area (Å²) in [7, 11) is -6.04. The van der Waals surface area contributed by atoms with Crippen LogP contribution in [0.5, 0.6) is 0 Å². The maximum absolute atomic E-state index is 12.8. The summed E-state index contributed by atoms with van der Waals surface area (Å²) < 4.78 is 59.2. The van der Waals surface area contributed by atoms with Crippen LogP contribution in [0.3, 0.4) is 0 Å². The number of hydrogen-bond acceptors (Lipinski definition) is 6. The second-order valence-corrected chi connectivity index (χ2v) is 11.1. The highest BCUT2D eigenvalue weighted by Gasteiger charge is 2.25. The van der Waals surface area contributed by atoms with E-state index in [1.807, 2.05) is 0 Å². The van der Waals surface area contributed by atoms with Crippen molar-refractivity contribution in [3.8, 4) is 0 Å². The Labute approximate surface area is 183 Å². The number of ether oxygens (including phenoxy) is 1. The van der Waals surface area contributed by atoms with E-state index < -0.39 is 26.0 Å². The van der Waals surface area contributed by atoms with Gasteiger partial charge in [-0.3, -0.25) is 4.72 Å². The molecule has 0 amide bonds. The molecule has 1 aliphatic rings. The minimum Gasteiger partial charge on any atom is -0.465 e. The molecule has 8 nitrogen and oxygen atoms in total. The van der Waals surface area contributed by atoms with Crippen LogP contribution in [0.1, 0.15) is 41.6 Å². The average molecular weight is 467 g/mol. The molecule has 0 radical (unpaired) electrons. The van der Waals surface area contributed by atoms with Crippen molar-refractivity contribution in [1.29, 1.82) is 0 Å². The van der Waals surface area contributed by atoms with Gasteiger partial charge in [-0.2, -0.15) is 4.31 Å². The molecular weight excluding hydrogens is 440 g/mol. The Morgan fingerprint density at radius 3 is 2.03 bits per heavy atom. The van der Waals surface area contributed by atoms with Crippen molar-refractivity contribution in [2.24, 2.45) is 0 Å². The molecule has 1 N–H and O–H groups in total. The molecular formula is C21H26N2O6S2. The summed E-state index contributed by atoms with van der Waals surface area (Å²) in [6.45, 7) is 1.01. The molecule has 0 unspecified atom stereocenters. The molecule has 1 heterocycles. The summed E-state index contributed by atoms with van der Waals surface area (Å²) in [4.78, 5) is 11.6. The van der Waals surface area contributed by atoms with Crippen LogP contribution in [0, 0.1) is 0 Å². The molecule has 31 heavy (non-hydrogen) atoms. The molecule has 168 valence electrons. The zero-order valence-electron chi connectivity index (χ0n) is 17.3. The summed E-state index contributed by atoms with van der Waals surface area (Å²) in [5.74, 6) is -0.787. The van der Waals surface area contributed by atoms with Gasteiger partial charge in [0.05, 0.1) is 23.3 Å². The van der Waals surface area contributed by atoms with Crippen molar-refractivity contribution in [1.82, 2.24) is 4.31 Å². The molecule has 3 rings (SSSR count). The first kappa shape index (κ1) is 23.2. The number of nitrogens with one attached hydrogen (secondary N) is 1. The maximum Gasteiger partial charge on any atom is 0.337 e. The summed E-state index contributed by atoms with van der Waals surface area (Å²) in [5.41, 5.74) is 1.11. The van der Waals surface area contributed by atoms with Crippen molar-refractivity contribution in [2.45, 2.75) is 36.3 Å². The lowest BCUT2D eigenvalue weighted by Crippen LogP contribution is -2.31. The van der Waals surface area contributed by atoms with Gasteiger partial charge in [0.25, 0.3) is 0 Å². The monoisotopic (exact) mass is 466 g/mol. The van der Waals surface area contributed by atoms with Crippen LogP contribution >= 0.6 is 0 Å². The fraction of sp³-hybridized carbons (Fsp3) is 0.381. The molecule has 1 fully saturated rings. The number of esters is 1. The Kier molecular flexibility index (Phi) is 7.34. The highest BCUT2D eigenvalue weighted by Crippen LogP contribution is 2.22. The summed E-state index contributed by atoms with van der Waals surface area (Å²) >= 11 is 0. The first-order chi connectivity index (χ1) is 14.7. The van der Waals surface area contributed by atoms with Crippen LogP contribution in [0.25, 0.3) is 0 Å². The minimum atomic E-state index is -3.73. The van der Waals surface area contributed by atoms with Gasteiger partial charge in [0.1, 0.15) is 0 Å². The Balaban J connectivity index is 1.67. The largest absolute Gasteiger partial charge is 0.465 e. The fourth-order valence-corrected chi connectivity index (χ4v) is 6.13. The molecule has 10 heteroatoms. The number of sulfonamides is 2. The highest BCUT2D eigenvalue weighted by molar-refractivity contribution is 7.92. The minimum absolute atomic E-state index is 0.149. The van der Waals surface area contributed by atoms with Gasteiger partial charge in [-0.1, -0.05) is 25.0 Å². The van der Waals surface area contributed by atoms with Gasteiger partial charge in [0.15, 0.2) is 0 Å². The van der Waals surface area contributed by atoms with Crippen LogP contribution in [-0.2, 0) is 30.5 Å². The van der Waals surface area contributed by atoms with Crippen LogP contribution in [0.2, 0.25) is 0 Å². The van der Waals surface area contributed by atoms with Crippen molar-refractivity contribution >= 4 is 31.7 Å². The Hall–Kier alpha value is -2.43. The molecule has 0 spiro atoms. The fourth-order valence-electron chi connectivity index (χ4n) is 3.42. The Morgan fingerprint density at radius 1 is 0.903 bits per heavy atom.